The van der Waals surface area contributed by atoms with Crippen LogP contribution in [0.1, 0.15) is 90.4 Å². The van der Waals surface area contributed by atoms with Crippen molar-refractivity contribution in [2.45, 2.75) is 108 Å². The summed E-state index contributed by atoms with van der Waals surface area (Å²) in [6.45, 7) is 3.42. The Bertz CT molecular complexity index is 297. The van der Waals surface area contributed by atoms with E-state index in [1.807, 2.05) is 0 Å². The van der Waals surface area contributed by atoms with Crippen LogP contribution in [-0.2, 0) is 4.74 Å². The number of ether oxygens (including phenoxy) is 1. The number of rotatable bonds is 3. The number of hydrogen-bond donors (Lipinski definition) is 1. The van der Waals surface area contributed by atoms with Crippen molar-refractivity contribution in [3.8, 4) is 0 Å². The average molecular weight is 293 g/mol. The summed E-state index contributed by atoms with van der Waals surface area (Å²) < 4.78 is 6.24. The molecule has 0 amide bonds. The molecule has 3 rings (SSSR count). The summed E-state index contributed by atoms with van der Waals surface area (Å²) in [5.41, 5.74) is 0.247. The predicted octanol–water partition coefficient (Wildman–Crippen LogP) is 4.82. The monoisotopic (exact) mass is 293 g/mol. The third-order valence-corrected chi connectivity index (χ3v) is 6.36. The molecular formula is C19H35NO. The zero-order valence-corrected chi connectivity index (χ0v) is 14.0. The molecule has 2 aliphatic carbocycles. The lowest BCUT2D eigenvalue weighted by Gasteiger charge is -2.44. The first-order chi connectivity index (χ1) is 10.3. The molecule has 1 saturated heterocycles. The maximum absolute atomic E-state index is 6.24. The van der Waals surface area contributed by atoms with Gasteiger partial charge in [-0.1, -0.05) is 44.9 Å². The second-order valence-corrected chi connectivity index (χ2v) is 7.99. The first kappa shape index (κ1) is 15.8. The van der Waals surface area contributed by atoms with E-state index in [-0.39, 0.29) is 5.60 Å². The second kappa shape index (κ2) is 7.46. The molecule has 2 nitrogen and oxygen atoms in total. The van der Waals surface area contributed by atoms with Crippen LogP contribution in [0.25, 0.3) is 0 Å². The van der Waals surface area contributed by atoms with Gasteiger partial charge in [-0.25, -0.2) is 0 Å². The molecule has 0 radical (unpaired) electrons. The summed E-state index contributed by atoms with van der Waals surface area (Å²) in [7, 11) is 0. The smallest absolute Gasteiger partial charge is 0.0697 e. The summed E-state index contributed by atoms with van der Waals surface area (Å²) in [6.07, 6.45) is 18.0. The largest absolute Gasteiger partial charge is 0.375 e. The van der Waals surface area contributed by atoms with E-state index in [9.17, 15) is 0 Å². The molecule has 1 unspecified atom stereocenters. The molecule has 0 bridgehead atoms. The van der Waals surface area contributed by atoms with Crippen LogP contribution in [-0.4, -0.2) is 24.3 Å². The third-order valence-electron chi connectivity index (χ3n) is 6.36. The van der Waals surface area contributed by atoms with E-state index in [0.29, 0.717) is 12.1 Å². The summed E-state index contributed by atoms with van der Waals surface area (Å²) in [6, 6.07) is 1.40. The molecule has 122 valence electrons. The van der Waals surface area contributed by atoms with E-state index in [4.69, 9.17) is 4.74 Å². The third kappa shape index (κ3) is 4.22. The molecule has 2 heteroatoms. The molecule has 0 aromatic rings. The van der Waals surface area contributed by atoms with E-state index in [2.05, 4.69) is 12.2 Å². The number of nitrogens with one attached hydrogen (secondary N) is 1. The van der Waals surface area contributed by atoms with E-state index in [1.54, 1.807) is 0 Å². The fourth-order valence-corrected chi connectivity index (χ4v) is 5.03. The second-order valence-electron chi connectivity index (χ2n) is 7.99. The molecular weight excluding hydrogens is 258 g/mol. The first-order valence-electron chi connectivity index (χ1n) is 9.67. The molecule has 1 N–H and O–H groups in total. The van der Waals surface area contributed by atoms with Crippen molar-refractivity contribution in [3.63, 3.8) is 0 Å². The van der Waals surface area contributed by atoms with Gasteiger partial charge in [0.05, 0.1) is 5.60 Å². The lowest BCUT2D eigenvalue weighted by molar-refractivity contribution is -0.110. The van der Waals surface area contributed by atoms with Crippen molar-refractivity contribution >= 4 is 0 Å². The lowest BCUT2D eigenvalue weighted by atomic mass is 9.78. The van der Waals surface area contributed by atoms with E-state index >= 15 is 0 Å². The summed E-state index contributed by atoms with van der Waals surface area (Å²) in [5, 5.41) is 4.01. The summed E-state index contributed by atoms with van der Waals surface area (Å²) >= 11 is 0. The van der Waals surface area contributed by atoms with Gasteiger partial charge in [-0.3, -0.25) is 0 Å². The minimum absolute atomic E-state index is 0.247. The molecule has 21 heavy (non-hydrogen) atoms. The Hall–Kier alpha value is -0.0800. The summed E-state index contributed by atoms with van der Waals surface area (Å²) in [5.74, 6) is 0.914. The Labute approximate surface area is 131 Å². The van der Waals surface area contributed by atoms with Crippen molar-refractivity contribution in [2.75, 3.05) is 6.61 Å². The van der Waals surface area contributed by atoms with Gasteiger partial charge < -0.3 is 10.1 Å². The molecule has 0 aromatic heterocycles. The summed E-state index contributed by atoms with van der Waals surface area (Å²) in [4.78, 5) is 0. The Balaban J connectivity index is 1.51. The molecule has 3 fully saturated rings. The van der Waals surface area contributed by atoms with Gasteiger partial charge in [0.1, 0.15) is 0 Å². The van der Waals surface area contributed by atoms with Crippen molar-refractivity contribution < 1.29 is 4.74 Å². The van der Waals surface area contributed by atoms with Gasteiger partial charge in [0.2, 0.25) is 0 Å². The van der Waals surface area contributed by atoms with Crippen molar-refractivity contribution in [3.05, 3.63) is 0 Å². The highest BCUT2D eigenvalue weighted by atomic mass is 16.5. The van der Waals surface area contributed by atoms with E-state index in [0.717, 1.165) is 12.5 Å². The van der Waals surface area contributed by atoms with Crippen LogP contribution in [0.4, 0.5) is 0 Å². The van der Waals surface area contributed by atoms with Crippen LogP contribution in [0.15, 0.2) is 0 Å². The van der Waals surface area contributed by atoms with E-state index < -0.39 is 0 Å². The predicted molar refractivity (Wildman–Crippen MR) is 88.6 cm³/mol. The molecule has 0 aromatic carbocycles. The van der Waals surface area contributed by atoms with Gasteiger partial charge in [0.15, 0.2) is 0 Å². The number of hydrogen-bond acceptors (Lipinski definition) is 2. The highest BCUT2D eigenvalue weighted by Crippen LogP contribution is 2.39. The van der Waals surface area contributed by atoms with Crippen LogP contribution in [0, 0.1) is 5.92 Å². The van der Waals surface area contributed by atoms with Crippen molar-refractivity contribution in [1.29, 1.82) is 0 Å². The van der Waals surface area contributed by atoms with Crippen LogP contribution in [0.2, 0.25) is 0 Å². The molecule has 1 heterocycles. The highest BCUT2D eigenvalue weighted by Gasteiger charge is 2.39. The van der Waals surface area contributed by atoms with Crippen LogP contribution in [0.3, 0.4) is 0 Å². The molecule has 1 aliphatic heterocycles. The average Bonchev–Trinajstić information content (AvgIpc) is 2.77. The molecule has 3 aliphatic rings. The zero-order valence-electron chi connectivity index (χ0n) is 14.0. The SMILES string of the molecule is C[C@@H](NC1CCOC2(CCCCC2)C1)C1CCCCCC1. The van der Waals surface area contributed by atoms with Gasteiger partial charge in [0.25, 0.3) is 0 Å². The van der Waals surface area contributed by atoms with Gasteiger partial charge in [-0.05, 0) is 51.4 Å². The fraction of sp³-hybridized carbons (Fsp3) is 1.00. The van der Waals surface area contributed by atoms with Crippen LogP contribution >= 0.6 is 0 Å². The van der Waals surface area contributed by atoms with Crippen LogP contribution < -0.4 is 5.32 Å². The lowest BCUT2D eigenvalue weighted by Crippen LogP contribution is -2.51. The Morgan fingerprint density at radius 3 is 2.29 bits per heavy atom. The minimum atomic E-state index is 0.247. The highest BCUT2D eigenvalue weighted by molar-refractivity contribution is 4.93. The van der Waals surface area contributed by atoms with Gasteiger partial charge >= 0.3 is 0 Å². The minimum Gasteiger partial charge on any atom is -0.375 e. The Morgan fingerprint density at radius 2 is 1.57 bits per heavy atom. The molecule has 2 atom stereocenters. The molecule has 1 spiro atoms. The van der Waals surface area contributed by atoms with Gasteiger partial charge in [0, 0.05) is 18.7 Å². The Morgan fingerprint density at radius 1 is 0.905 bits per heavy atom. The normalized spacial score (nSPS) is 32.7. The van der Waals surface area contributed by atoms with Gasteiger partial charge in [-0.2, -0.15) is 0 Å². The quantitative estimate of drug-likeness (QED) is 0.753. The van der Waals surface area contributed by atoms with Gasteiger partial charge in [-0.15, -0.1) is 0 Å². The van der Waals surface area contributed by atoms with Crippen molar-refractivity contribution in [2.24, 2.45) is 5.92 Å². The molecule has 2 saturated carbocycles. The zero-order chi connectivity index (χ0) is 14.5. The standard InChI is InChI=1S/C19H35NO/c1-16(17-9-5-2-3-6-10-17)20-18-11-14-21-19(15-18)12-7-4-8-13-19/h16-18,20H,2-15H2,1H3/t16-,18?/m1/s1. The topological polar surface area (TPSA) is 21.3 Å². The van der Waals surface area contributed by atoms with Crippen LogP contribution in [0.5, 0.6) is 0 Å². The fourth-order valence-electron chi connectivity index (χ4n) is 5.03. The maximum Gasteiger partial charge on any atom is 0.0697 e. The Kier molecular flexibility index (Phi) is 5.61. The first-order valence-corrected chi connectivity index (χ1v) is 9.67. The maximum atomic E-state index is 6.24. The van der Waals surface area contributed by atoms with E-state index in [1.165, 1.54) is 83.5 Å². The van der Waals surface area contributed by atoms with Crippen molar-refractivity contribution in [1.82, 2.24) is 5.32 Å².